The smallest absolute Gasteiger partial charge is 0.0149 e. The Morgan fingerprint density at radius 3 is 2.31 bits per heavy atom. The van der Waals surface area contributed by atoms with Gasteiger partial charge in [0.05, 0.1) is 0 Å². The van der Waals surface area contributed by atoms with Gasteiger partial charge in [-0.15, -0.1) is 0 Å². The third-order valence-corrected chi connectivity index (χ3v) is 3.98. The summed E-state index contributed by atoms with van der Waals surface area (Å²) in [4.78, 5) is 0. The molecule has 2 saturated carbocycles. The summed E-state index contributed by atoms with van der Waals surface area (Å²) < 4.78 is 0. The van der Waals surface area contributed by atoms with Gasteiger partial charge in [-0.3, -0.25) is 0 Å². The van der Waals surface area contributed by atoms with Gasteiger partial charge in [0.2, 0.25) is 0 Å². The minimum atomic E-state index is 0.864. The van der Waals surface area contributed by atoms with E-state index in [4.69, 9.17) is 0 Å². The average Bonchev–Trinajstić information content (AvgIpc) is 3.19. The molecular weight excluding hydrogens is 192 g/mol. The van der Waals surface area contributed by atoms with E-state index < -0.39 is 0 Å². The van der Waals surface area contributed by atoms with Gasteiger partial charge in [-0.2, -0.15) is 0 Å². The molecule has 0 nitrogen and oxygen atoms in total. The SMILES string of the molecule is c1ccc2c(C3CC3)cc(C3CC3)cc2c1. The molecule has 2 aromatic carbocycles. The molecule has 0 atom stereocenters. The summed E-state index contributed by atoms with van der Waals surface area (Å²) in [5.74, 6) is 1.74. The highest BCUT2D eigenvalue weighted by Crippen LogP contribution is 2.47. The highest BCUT2D eigenvalue weighted by Gasteiger charge is 2.29. The Morgan fingerprint density at radius 1 is 0.812 bits per heavy atom. The van der Waals surface area contributed by atoms with Crippen molar-refractivity contribution in [2.24, 2.45) is 0 Å². The molecule has 0 radical (unpaired) electrons. The van der Waals surface area contributed by atoms with Crippen LogP contribution < -0.4 is 0 Å². The van der Waals surface area contributed by atoms with E-state index in [1.54, 1.807) is 11.1 Å². The van der Waals surface area contributed by atoms with E-state index in [1.807, 2.05) is 0 Å². The Hall–Kier alpha value is -1.30. The van der Waals surface area contributed by atoms with E-state index in [2.05, 4.69) is 36.4 Å². The van der Waals surface area contributed by atoms with Gasteiger partial charge in [0.25, 0.3) is 0 Å². The van der Waals surface area contributed by atoms with Crippen LogP contribution in [0.15, 0.2) is 36.4 Å². The molecule has 2 aliphatic rings. The van der Waals surface area contributed by atoms with E-state index in [-0.39, 0.29) is 0 Å². The summed E-state index contributed by atoms with van der Waals surface area (Å²) >= 11 is 0. The first-order chi connectivity index (χ1) is 7.92. The van der Waals surface area contributed by atoms with Crippen molar-refractivity contribution in [3.63, 3.8) is 0 Å². The number of fused-ring (bicyclic) bond motifs is 1. The summed E-state index contributed by atoms with van der Waals surface area (Å²) in [6.45, 7) is 0. The minimum absolute atomic E-state index is 0.864. The summed E-state index contributed by atoms with van der Waals surface area (Å²) in [5.41, 5.74) is 3.22. The zero-order chi connectivity index (χ0) is 10.5. The zero-order valence-electron chi connectivity index (χ0n) is 9.45. The van der Waals surface area contributed by atoms with Crippen LogP contribution in [0.4, 0.5) is 0 Å². The molecular formula is C16H16. The molecule has 16 heavy (non-hydrogen) atoms. The lowest BCUT2D eigenvalue weighted by Crippen LogP contribution is -1.88. The lowest BCUT2D eigenvalue weighted by atomic mass is 9.96. The zero-order valence-corrected chi connectivity index (χ0v) is 9.45. The number of hydrogen-bond donors (Lipinski definition) is 0. The largest absolute Gasteiger partial charge is 0.0616 e. The van der Waals surface area contributed by atoms with Crippen molar-refractivity contribution in [1.82, 2.24) is 0 Å². The maximum absolute atomic E-state index is 2.50. The molecule has 2 aliphatic carbocycles. The Kier molecular flexibility index (Phi) is 1.71. The fourth-order valence-electron chi connectivity index (χ4n) is 2.75. The van der Waals surface area contributed by atoms with Crippen molar-refractivity contribution >= 4 is 10.8 Å². The Morgan fingerprint density at radius 2 is 1.56 bits per heavy atom. The van der Waals surface area contributed by atoms with Gasteiger partial charge in [-0.1, -0.05) is 36.4 Å². The van der Waals surface area contributed by atoms with Crippen molar-refractivity contribution in [2.75, 3.05) is 0 Å². The number of benzene rings is 2. The second-order valence-corrected chi connectivity index (χ2v) is 5.38. The second-order valence-electron chi connectivity index (χ2n) is 5.38. The third kappa shape index (κ3) is 1.36. The summed E-state index contributed by atoms with van der Waals surface area (Å²) in [6, 6.07) is 13.8. The Labute approximate surface area is 96.3 Å². The minimum Gasteiger partial charge on any atom is -0.0616 e. The molecule has 0 N–H and O–H groups in total. The fraction of sp³-hybridized carbons (Fsp3) is 0.375. The van der Waals surface area contributed by atoms with E-state index in [0.29, 0.717) is 0 Å². The predicted molar refractivity (Wildman–Crippen MR) is 67.9 cm³/mol. The fourth-order valence-corrected chi connectivity index (χ4v) is 2.75. The molecule has 80 valence electrons. The maximum atomic E-state index is 2.50. The standard InChI is InChI=1S/C16H16/c1-2-4-15-13(3-1)9-14(11-5-6-11)10-16(15)12-7-8-12/h1-4,9-12H,5-8H2. The molecule has 0 aliphatic heterocycles. The molecule has 0 heteroatoms. The van der Waals surface area contributed by atoms with Crippen LogP contribution in [-0.4, -0.2) is 0 Å². The van der Waals surface area contributed by atoms with Crippen molar-refractivity contribution in [3.05, 3.63) is 47.5 Å². The van der Waals surface area contributed by atoms with Gasteiger partial charge >= 0.3 is 0 Å². The average molecular weight is 208 g/mol. The van der Waals surface area contributed by atoms with Gasteiger partial charge in [0.1, 0.15) is 0 Å². The maximum Gasteiger partial charge on any atom is -0.0149 e. The van der Waals surface area contributed by atoms with Crippen molar-refractivity contribution in [3.8, 4) is 0 Å². The molecule has 0 unspecified atom stereocenters. The van der Waals surface area contributed by atoms with Gasteiger partial charge < -0.3 is 0 Å². The van der Waals surface area contributed by atoms with Crippen molar-refractivity contribution in [2.45, 2.75) is 37.5 Å². The van der Waals surface area contributed by atoms with Gasteiger partial charge in [0.15, 0.2) is 0 Å². The van der Waals surface area contributed by atoms with E-state index in [0.717, 1.165) is 11.8 Å². The van der Waals surface area contributed by atoms with Crippen LogP contribution in [0.1, 0.15) is 48.6 Å². The van der Waals surface area contributed by atoms with E-state index in [9.17, 15) is 0 Å². The monoisotopic (exact) mass is 208 g/mol. The first kappa shape index (κ1) is 8.81. The van der Waals surface area contributed by atoms with Crippen LogP contribution in [-0.2, 0) is 0 Å². The highest BCUT2D eigenvalue weighted by molar-refractivity contribution is 5.87. The van der Waals surface area contributed by atoms with Crippen LogP contribution >= 0.6 is 0 Å². The van der Waals surface area contributed by atoms with E-state index >= 15 is 0 Å². The third-order valence-electron chi connectivity index (χ3n) is 3.98. The molecule has 0 bridgehead atoms. The molecule has 0 heterocycles. The second kappa shape index (κ2) is 3.10. The quantitative estimate of drug-likeness (QED) is 0.677. The predicted octanol–water partition coefficient (Wildman–Crippen LogP) is 4.59. The lowest BCUT2D eigenvalue weighted by molar-refractivity contribution is 1.09. The van der Waals surface area contributed by atoms with Gasteiger partial charge in [0, 0.05) is 0 Å². The molecule has 4 rings (SSSR count). The van der Waals surface area contributed by atoms with Crippen molar-refractivity contribution < 1.29 is 0 Å². The topological polar surface area (TPSA) is 0 Å². The summed E-state index contributed by atoms with van der Waals surface area (Å²) in [7, 11) is 0. The van der Waals surface area contributed by atoms with E-state index in [1.165, 1.54) is 36.5 Å². The van der Waals surface area contributed by atoms with Crippen LogP contribution in [0.3, 0.4) is 0 Å². The number of rotatable bonds is 2. The van der Waals surface area contributed by atoms with Crippen LogP contribution in [0, 0.1) is 0 Å². The molecule has 0 spiro atoms. The van der Waals surface area contributed by atoms with Gasteiger partial charge in [-0.25, -0.2) is 0 Å². The first-order valence-electron chi connectivity index (χ1n) is 6.44. The summed E-state index contributed by atoms with van der Waals surface area (Å²) in [6.07, 6.45) is 5.61. The Balaban J connectivity index is 1.98. The molecule has 0 saturated heterocycles. The van der Waals surface area contributed by atoms with Crippen LogP contribution in [0.25, 0.3) is 10.8 Å². The molecule has 2 aromatic rings. The Bertz CT molecular complexity index is 545. The highest BCUT2D eigenvalue weighted by atomic mass is 14.3. The normalized spacial score (nSPS) is 20.2. The molecule has 2 fully saturated rings. The number of hydrogen-bond acceptors (Lipinski definition) is 0. The molecule has 0 amide bonds. The summed E-state index contributed by atoms with van der Waals surface area (Å²) in [5, 5.41) is 2.95. The first-order valence-corrected chi connectivity index (χ1v) is 6.44. The lowest BCUT2D eigenvalue weighted by Gasteiger charge is -2.09. The molecule has 0 aromatic heterocycles. The van der Waals surface area contributed by atoms with Crippen LogP contribution in [0.2, 0.25) is 0 Å². The van der Waals surface area contributed by atoms with Crippen LogP contribution in [0.5, 0.6) is 0 Å². The van der Waals surface area contributed by atoms with Crippen molar-refractivity contribution in [1.29, 1.82) is 0 Å². The van der Waals surface area contributed by atoms with Gasteiger partial charge in [-0.05, 0) is 59.4 Å².